The number of piperidine rings is 1. The maximum atomic E-state index is 14.1. The summed E-state index contributed by atoms with van der Waals surface area (Å²) in [6, 6.07) is 5.37. The molecule has 3 aliphatic rings. The molecule has 3 saturated heterocycles. The van der Waals surface area contributed by atoms with Gasteiger partial charge in [-0.2, -0.15) is 4.31 Å². The molecule has 4 heterocycles. The standard InChI is InChI=1S/C18H21FN4O3S/c1-3-26-17-5-4-15(9-16(17)19)27(24,25)23-13-8-14(23)11-22(10-13)18-6-7-20-12(2)21-18/h4-7,9,13-14H,3,8,10-11H2,1-2H3. The Hall–Kier alpha value is -2.26. The van der Waals surface area contributed by atoms with E-state index in [1.165, 1.54) is 16.4 Å². The summed E-state index contributed by atoms with van der Waals surface area (Å²) in [4.78, 5) is 10.6. The Morgan fingerprint density at radius 3 is 2.63 bits per heavy atom. The number of halogens is 1. The summed E-state index contributed by atoms with van der Waals surface area (Å²) in [5, 5.41) is 0. The number of aryl methyl sites for hydroxylation is 1. The third-order valence-corrected chi connectivity index (χ3v) is 6.99. The summed E-state index contributed by atoms with van der Waals surface area (Å²) in [5.74, 6) is 0.884. The summed E-state index contributed by atoms with van der Waals surface area (Å²) in [7, 11) is -3.75. The smallest absolute Gasteiger partial charge is 0.243 e. The quantitative estimate of drug-likeness (QED) is 0.775. The molecule has 0 saturated carbocycles. The monoisotopic (exact) mass is 392 g/mol. The molecular formula is C18H21FN4O3S. The molecule has 0 amide bonds. The van der Waals surface area contributed by atoms with Crippen molar-refractivity contribution in [2.24, 2.45) is 0 Å². The fourth-order valence-corrected chi connectivity index (χ4v) is 5.64. The topological polar surface area (TPSA) is 75.6 Å². The number of benzene rings is 1. The molecule has 0 N–H and O–H groups in total. The highest BCUT2D eigenvalue weighted by Gasteiger charge is 2.51. The van der Waals surface area contributed by atoms with Gasteiger partial charge in [-0.25, -0.2) is 22.8 Å². The van der Waals surface area contributed by atoms with Crippen molar-refractivity contribution in [1.29, 1.82) is 0 Å². The van der Waals surface area contributed by atoms with Crippen LogP contribution in [0.25, 0.3) is 0 Å². The number of nitrogens with zero attached hydrogens (tertiary/aromatic N) is 4. The molecule has 0 spiro atoms. The number of ether oxygens (including phenoxy) is 1. The molecule has 3 fully saturated rings. The van der Waals surface area contributed by atoms with Gasteiger partial charge in [0.1, 0.15) is 11.6 Å². The molecule has 7 nitrogen and oxygen atoms in total. The zero-order valence-electron chi connectivity index (χ0n) is 15.2. The number of anilines is 1. The molecule has 0 aliphatic carbocycles. The number of fused-ring (bicyclic) bond motifs is 2. The fraction of sp³-hybridized carbons (Fsp3) is 0.444. The maximum absolute atomic E-state index is 14.1. The van der Waals surface area contributed by atoms with Gasteiger partial charge in [-0.3, -0.25) is 0 Å². The van der Waals surface area contributed by atoms with Gasteiger partial charge in [-0.15, -0.1) is 0 Å². The molecular weight excluding hydrogens is 371 g/mol. The normalized spacial score (nSPS) is 22.4. The molecule has 0 radical (unpaired) electrons. The van der Waals surface area contributed by atoms with Crippen LogP contribution in [-0.4, -0.2) is 54.5 Å². The molecule has 2 atom stereocenters. The van der Waals surface area contributed by atoms with Crippen LogP contribution < -0.4 is 9.64 Å². The second kappa shape index (κ2) is 6.72. The summed E-state index contributed by atoms with van der Waals surface area (Å²) in [5.41, 5.74) is 0. The lowest BCUT2D eigenvalue weighted by Gasteiger charge is -2.55. The molecule has 1 aromatic carbocycles. The highest BCUT2D eigenvalue weighted by molar-refractivity contribution is 7.89. The van der Waals surface area contributed by atoms with Crippen molar-refractivity contribution in [3.63, 3.8) is 0 Å². The largest absolute Gasteiger partial charge is 0.491 e. The van der Waals surface area contributed by atoms with Crippen LogP contribution in [0.2, 0.25) is 0 Å². The molecule has 9 heteroatoms. The van der Waals surface area contributed by atoms with E-state index in [-0.39, 0.29) is 22.7 Å². The highest BCUT2D eigenvalue weighted by Crippen LogP contribution is 2.39. The van der Waals surface area contributed by atoms with E-state index in [2.05, 4.69) is 14.9 Å². The lowest BCUT2D eigenvalue weighted by Crippen LogP contribution is -2.70. The number of rotatable bonds is 5. The van der Waals surface area contributed by atoms with E-state index in [0.717, 1.165) is 18.3 Å². The van der Waals surface area contributed by atoms with Gasteiger partial charge in [-0.1, -0.05) is 0 Å². The molecule has 2 bridgehead atoms. The van der Waals surface area contributed by atoms with Crippen LogP contribution in [0.3, 0.4) is 0 Å². The van der Waals surface area contributed by atoms with Gasteiger partial charge in [0.05, 0.1) is 11.5 Å². The molecule has 144 valence electrons. The van der Waals surface area contributed by atoms with E-state index in [9.17, 15) is 12.8 Å². The van der Waals surface area contributed by atoms with Crippen LogP contribution in [-0.2, 0) is 10.0 Å². The van der Waals surface area contributed by atoms with E-state index >= 15 is 0 Å². The molecule has 1 aromatic heterocycles. The van der Waals surface area contributed by atoms with E-state index in [0.29, 0.717) is 25.5 Å². The van der Waals surface area contributed by atoms with E-state index in [1.54, 1.807) is 13.1 Å². The van der Waals surface area contributed by atoms with Crippen molar-refractivity contribution < 1.29 is 17.5 Å². The maximum Gasteiger partial charge on any atom is 0.243 e. The summed E-state index contributed by atoms with van der Waals surface area (Å²) in [6.45, 7) is 5.01. The Morgan fingerprint density at radius 2 is 2.00 bits per heavy atom. The number of aromatic nitrogens is 2. The third-order valence-electron chi connectivity index (χ3n) is 4.99. The Morgan fingerprint density at radius 1 is 1.26 bits per heavy atom. The Bertz CT molecular complexity index is 957. The lowest BCUT2D eigenvalue weighted by atomic mass is 9.91. The lowest BCUT2D eigenvalue weighted by molar-refractivity contribution is 0.0874. The van der Waals surface area contributed by atoms with Crippen molar-refractivity contribution in [3.8, 4) is 5.75 Å². The predicted octanol–water partition coefficient (Wildman–Crippen LogP) is 1.97. The van der Waals surface area contributed by atoms with Crippen LogP contribution in [0.15, 0.2) is 35.4 Å². The first-order valence-electron chi connectivity index (χ1n) is 8.90. The number of piperazine rings is 1. The first kappa shape index (κ1) is 18.1. The van der Waals surface area contributed by atoms with Gasteiger partial charge in [0, 0.05) is 31.4 Å². The average molecular weight is 392 g/mol. The van der Waals surface area contributed by atoms with Crippen molar-refractivity contribution in [2.75, 3.05) is 24.6 Å². The number of hydrogen-bond donors (Lipinski definition) is 0. The Kier molecular flexibility index (Phi) is 4.51. The molecule has 2 unspecified atom stereocenters. The zero-order valence-corrected chi connectivity index (χ0v) is 16.0. The van der Waals surface area contributed by atoms with Crippen LogP contribution in [0.4, 0.5) is 10.2 Å². The van der Waals surface area contributed by atoms with Crippen molar-refractivity contribution in [2.45, 2.75) is 37.2 Å². The summed E-state index contributed by atoms with van der Waals surface area (Å²) >= 11 is 0. The SMILES string of the molecule is CCOc1ccc(S(=O)(=O)N2C3CC2CN(c2ccnc(C)n2)C3)cc1F. The third kappa shape index (κ3) is 3.14. The molecule has 3 aliphatic heterocycles. The van der Waals surface area contributed by atoms with E-state index < -0.39 is 15.8 Å². The van der Waals surface area contributed by atoms with Gasteiger partial charge in [0.2, 0.25) is 10.0 Å². The summed E-state index contributed by atoms with van der Waals surface area (Å²) in [6.07, 6.45) is 2.51. The first-order valence-corrected chi connectivity index (χ1v) is 10.3. The van der Waals surface area contributed by atoms with Gasteiger partial charge in [-0.05, 0) is 44.5 Å². The van der Waals surface area contributed by atoms with Crippen LogP contribution in [0.5, 0.6) is 5.75 Å². The molecule has 27 heavy (non-hydrogen) atoms. The average Bonchev–Trinajstić information content (AvgIpc) is 2.63. The minimum atomic E-state index is -3.75. The Balaban J connectivity index is 1.54. The zero-order chi connectivity index (χ0) is 19.2. The molecule has 5 rings (SSSR count). The van der Waals surface area contributed by atoms with E-state index in [4.69, 9.17) is 4.74 Å². The number of hydrogen-bond acceptors (Lipinski definition) is 6. The minimum Gasteiger partial charge on any atom is -0.491 e. The summed E-state index contributed by atoms with van der Waals surface area (Å²) < 4.78 is 46.8. The van der Waals surface area contributed by atoms with Crippen molar-refractivity contribution >= 4 is 15.8 Å². The fourth-order valence-electron chi connectivity index (χ4n) is 3.81. The second-order valence-electron chi connectivity index (χ2n) is 6.77. The van der Waals surface area contributed by atoms with Gasteiger partial charge < -0.3 is 9.64 Å². The van der Waals surface area contributed by atoms with E-state index in [1.807, 2.05) is 13.0 Å². The van der Waals surface area contributed by atoms with Crippen molar-refractivity contribution in [1.82, 2.24) is 14.3 Å². The number of sulfonamides is 1. The van der Waals surface area contributed by atoms with Gasteiger partial charge in [0.25, 0.3) is 0 Å². The van der Waals surface area contributed by atoms with Crippen LogP contribution in [0.1, 0.15) is 19.2 Å². The highest BCUT2D eigenvalue weighted by atomic mass is 32.2. The van der Waals surface area contributed by atoms with Crippen LogP contribution in [0, 0.1) is 12.7 Å². The Labute approximate surface area is 157 Å². The predicted molar refractivity (Wildman–Crippen MR) is 97.8 cm³/mol. The van der Waals surface area contributed by atoms with Gasteiger partial charge in [0.15, 0.2) is 11.6 Å². The van der Waals surface area contributed by atoms with Crippen molar-refractivity contribution in [3.05, 3.63) is 42.1 Å². The first-order chi connectivity index (χ1) is 12.9. The second-order valence-corrected chi connectivity index (χ2v) is 8.61. The molecule has 2 aromatic rings. The minimum absolute atomic E-state index is 0.0375. The van der Waals surface area contributed by atoms with Crippen LogP contribution >= 0.6 is 0 Å². The van der Waals surface area contributed by atoms with Gasteiger partial charge >= 0.3 is 0 Å².